The fourth-order valence-electron chi connectivity index (χ4n) is 1.04. The van der Waals surface area contributed by atoms with Crippen LogP contribution >= 0.6 is 11.6 Å². The van der Waals surface area contributed by atoms with Crippen molar-refractivity contribution in [3.05, 3.63) is 28.8 Å². The van der Waals surface area contributed by atoms with Gasteiger partial charge >= 0.3 is 0 Å². The average molecular weight is 232 g/mol. The summed E-state index contributed by atoms with van der Waals surface area (Å²) in [6.45, 7) is 3.84. The zero-order valence-electron chi connectivity index (χ0n) is 8.29. The molecule has 1 unspecified atom stereocenters. The van der Waals surface area contributed by atoms with Crippen LogP contribution in [0, 0.1) is 0 Å². The highest BCUT2D eigenvalue weighted by Gasteiger charge is 2.11. The van der Waals surface area contributed by atoms with Gasteiger partial charge in [-0.1, -0.05) is 31.5 Å². The molecule has 0 amide bonds. The molecule has 0 saturated heterocycles. The maximum atomic E-state index is 11.6. The normalized spacial score (nSPS) is 13.1. The molecule has 0 bridgehead atoms. The molecule has 1 rings (SSSR count). The summed E-state index contributed by atoms with van der Waals surface area (Å²) in [6, 6.07) is 5.34. The van der Waals surface area contributed by atoms with E-state index in [0.29, 0.717) is 16.5 Å². The van der Waals surface area contributed by atoms with Gasteiger partial charge in [-0.3, -0.25) is 4.21 Å². The van der Waals surface area contributed by atoms with Gasteiger partial charge in [-0.15, -0.1) is 0 Å². The van der Waals surface area contributed by atoms with Crippen LogP contribution in [0.3, 0.4) is 0 Å². The van der Waals surface area contributed by atoms with Crippen molar-refractivity contribution in [1.29, 1.82) is 0 Å². The molecule has 0 fully saturated rings. The molecule has 4 heteroatoms. The number of halogens is 1. The number of anilines is 1. The molecule has 1 aromatic rings. The van der Waals surface area contributed by atoms with Crippen LogP contribution in [-0.4, -0.2) is 9.46 Å². The molecule has 78 valence electrons. The van der Waals surface area contributed by atoms with Crippen molar-refractivity contribution in [3.8, 4) is 0 Å². The number of hydrogen-bond donors (Lipinski definition) is 1. The maximum Gasteiger partial charge on any atom is 0.0523 e. The molecule has 0 saturated carbocycles. The smallest absolute Gasteiger partial charge is 0.0523 e. The van der Waals surface area contributed by atoms with Gasteiger partial charge in [0.25, 0.3) is 0 Å². The Morgan fingerprint density at radius 3 is 2.64 bits per heavy atom. The second-order valence-electron chi connectivity index (χ2n) is 3.38. The van der Waals surface area contributed by atoms with Crippen LogP contribution in [0.25, 0.3) is 0 Å². The van der Waals surface area contributed by atoms with Crippen LogP contribution in [0.15, 0.2) is 18.2 Å². The summed E-state index contributed by atoms with van der Waals surface area (Å²) in [4.78, 5) is 0. The molecule has 0 aliphatic carbocycles. The van der Waals surface area contributed by atoms with E-state index in [1.54, 1.807) is 18.2 Å². The second kappa shape index (κ2) is 4.80. The van der Waals surface area contributed by atoms with Gasteiger partial charge in [0.2, 0.25) is 0 Å². The first-order valence-electron chi connectivity index (χ1n) is 4.42. The molecule has 0 heterocycles. The zero-order valence-corrected chi connectivity index (χ0v) is 9.86. The van der Waals surface area contributed by atoms with E-state index in [1.165, 1.54) is 0 Å². The predicted octanol–water partition coefficient (Wildman–Crippen LogP) is 2.58. The van der Waals surface area contributed by atoms with Crippen molar-refractivity contribution in [2.75, 3.05) is 5.73 Å². The lowest BCUT2D eigenvalue weighted by atomic mass is 10.2. The lowest BCUT2D eigenvalue weighted by Gasteiger charge is -2.09. The number of nitrogens with two attached hydrogens (primary N) is 1. The Bertz CT molecular complexity index is 332. The van der Waals surface area contributed by atoms with E-state index in [0.717, 1.165) is 5.56 Å². The van der Waals surface area contributed by atoms with Crippen molar-refractivity contribution in [2.24, 2.45) is 0 Å². The first kappa shape index (κ1) is 11.5. The summed E-state index contributed by atoms with van der Waals surface area (Å²) in [5.74, 6) is 0.434. The van der Waals surface area contributed by atoms with Gasteiger partial charge in [0.1, 0.15) is 0 Å². The topological polar surface area (TPSA) is 43.1 Å². The second-order valence-corrected chi connectivity index (χ2v) is 5.78. The minimum absolute atomic E-state index is 0.130. The molecule has 2 nitrogen and oxygen atoms in total. The molecule has 0 spiro atoms. The summed E-state index contributed by atoms with van der Waals surface area (Å²) in [5, 5.41) is 0.727. The Morgan fingerprint density at radius 2 is 2.14 bits per heavy atom. The lowest BCUT2D eigenvalue weighted by Crippen LogP contribution is -2.09. The third-order valence-corrected chi connectivity index (χ3v) is 3.95. The summed E-state index contributed by atoms with van der Waals surface area (Å²) in [7, 11) is -0.908. The van der Waals surface area contributed by atoms with E-state index in [1.807, 2.05) is 13.8 Å². The van der Waals surface area contributed by atoms with Crippen LogP contribution in [-0.2, 0) is 16.6 Å². The third-order valence-electron chi connectivity index (χ3n) is 1.97. The van der Waals surface area contributed by atoms with Crippen LogP contribution in [0.1, 0.15) is 19.4 Å². The third kappa shape index (κ3) is 2.72. The summed E-state index contributed by atoms with van der Waals surface area (Å²) < 4.78 is 11.6. The fourth-order valence-corrected chi connectivity index (χ4v) is 2.30. The van der Waals surface area contributed by atoms with E-state index in [4.69, 9.17) is 17.3 Å². The highest BCUT2D eigenvalue weighted by atomic mass is 35.5. The van der Waals surface area contributed by atoms with Crippen molar-refractivity contribution in [2.45, 2.75) is 24.9 Å². The SMILES string of the molecule is CC(C)S(=O)Cc1c(N)cccc1Cl. The molecule has 1 aromatic carbocycles. The molecule has 0 aromatic heterocycles. The first-order valence-corrected chi connectivity index (χ1v) is 6.18. The Labute approximate surface area is 91.9 Å². The number of nitrogen functional groups attached to an aromatic ring is 1. The maximum absolute atomic E-state index is 11.6. The Morgan fingerprint density at radius 1 is 1.50 bits per heavy atom. The molecule has 1 atom stereocenters. The van der Waals surface area contributed by atoms with Crippen molar-refractivity contribution >= 4 is 28.1 Å². The molecule has 0 aliphatic rings. The van der Waals surface area contributed by atoms with E-state index >= 15 is 0 Å². The average Bonchev–Trinajstić information content (AvgIpc) is 2.11. The van der Waals surface area contributed by atoms with Crippen LogP contribution in [0.5, 0.6) is 0 Å². The predicted molar refractivity (Wildman–Crippen MR) is 62.8 cm³/mol. The number of rotatable bonds is 3. The van der Waals surface area contributed by atoms with E-state index in [9.17, 15) is 4.21 Å². The van der Waals surface area contributed by atoms with Gasteiger partial charge in [0.15, 0.2) is 0 Å². The fraction of sp³-hybridized carbons (Fsp3) is 0.400. The number of benzene rings is 1. The van der Waals surface area contributed by atoms with Crippen molar-refractivity contribution in [3.63, 3.8) is 0 Å². The molecule has 0 aliphatic heterocycles. The lowest BCUT2D eigenvalue weighted by molar-refractivity contribution is 0.676. The van der Waals surface area contributed by atoms with E-state index in [-0.39, 0.29) is 5.25 Å². The summed E-state index contributed by atoms with van der Waals surface area (Å²) >= 11 is 5.96. The molecule has 2 N–H and O–H groups in total. The van der Waals surface area contributed by atoms with Gasteiger partial charge in [-0.2, -0.15) is 0 Å². The van der Waals surface area contributed by atoms with E-state index < -0.39 is 10.8 Å². The molecular formula is C10H14ClNOS. The van der Waals surface area contributed by atoms with Crippen LogP contribution in [0.4, 0.5) is 5.69 Å². The minimum Gasteiger partial charge on any atom is -0.398 e. The Kier molecular flexibility index (Phi) is 3.96. The Balaban J connectivity index is 2.91. The highest BCUT2D eigenvalue weighted by Crippen LogP contribution is 2.24. The van der Waals surface area contributed by atoms with Gasteiger partial charge in [-0.25, -0.2) is 0 Å². The largest absolute Gasteiger partial charge is 0.398 e. The van der Waals surface area contributed by atoms with Gasteiger partial charge in [0.05, 0.1) is 5.75 Å². The zero-order chi connectivity index (χ0) is 10.7. The summed E-state index contributed by atoms with van der Waals surface area (Å²) in [5.41, 5.74) is 7.16. The molecule has 14 heavy (non-hydrogen) atoms. The quantitative estimate of drug-likeness (QED) is 0.813. The van der Waals surface area contributed by atoms with Gasteiger partial charge < -0.3 is 5.73 Å². The van der Waals surface area contributed by atoms with Gasteiger partial charge in [0, 0.05) is 32.3 Å². The summed E-state index contributed by atoms with van der Waals surface area (Å²) in [6.07, 6.45) is 0. The van der Waals surface area contributed by atoms with Gasteiger partial charge in [-0.05, 0) is 12.1 Å². The highest BCUT2D eigenvalue weighted by molar-refractivity contribution is 7.84. The van der Waals surface area contributed by atoms with Crippen LogP contribution < -0.4 is 5.73 Å². The van der Waals surface area contributed by atoms with Crippen LogP contribution in [0.2, 0.25) is 5.02 Å². The monoisotopic (exact) mass is 231 g/mol. The Hall–Kier alpha value is -0.540. The van der Waals surface area contributed by atoms with E-state index in [2.05, 4.69) is 0 Å². The molecular weight excluding hydrogens is 218 g/mol. The molecule has 0 radical (unpaired) electrons. The van der Waals surface area contributed by atoms with Crippen molar-refractivity contribution < 1.29 is 4.21 Å². The number of hydrogen-bond acceptors (Lipinski definition) is 2. The van der Waals surface area contributed by atoms with Crippen molar-refractivity contribution in [1.82, 2.24) is 0 Å². The minimum atomic E-state index is -0.908. The standard InChI is InChI=1S/C10H14ClNOS/c1-7(2)14(13)6-8-9(11)4-3-5-10(8)12/h3-5,7H,6,12H2,1-2H3. The first-order chi connectivity index (χ1) is 6.52.